The molecule has 0 spiro atoms. The lowest BCUT2D eigenvalue weighted by Crippen LogP contribution is -2.29. The van der Waals surface area contributed by atoms with Crippen LogP contribution < -0.4 is 10.6 Å². The molecule has 0 unspecified atom stereocenters. The Labute approximate surface area is 125 Å². The molecule has 0 fully saturated rings. The van der Waals surface area contributed by atoms with E-state index in [1.807, 2.05) is 0 Å². The van der Waals surface area contributed by atoms with Gasteiger partial charge >= 0.3 is 0 Å². The van der Waals surface area contributed by atoms with Gasteiger partial charge in [-0.2, -0.15) is 4.98 Å². The molecule has 1 aliphatic rings. The van der Waals surface area contributed by atoms with Crippen LogP contribution in [0.5, 0.6) is 0 Å². The van der Waals surface area contributed by atoms with Gasteiger partial charge in [-0.25, -0.2) is 0 Å². The predicted octanol–water partition coefficient (Wildman–Crippen LogP) is 1.38. The third kappa shape index (κ3) is 5.67. The molecule has 1 aliphatic heterocycles. The highest BCUT2D eigenvalue weighted by Gasteiger charge is 2.08. The van der Waals surface area contributed by atoms with Gasteiger partial charge in [-0.3, -0.25) is 4.79 Å². The molecule has 0 saturated heterocycles. The Balaban J connectivity index is 1.61. The molecule has 0 radical (unpaired) electrons. The summed E-state index contributed by atoms with van der Waals surface area (Å²) < 4.78 is 5.15. The Kier molecular flexibility index (Phi) is 6.40. The van der Waals surface area contributed by atoms with E-state index in [2.05, 4.69) is 33.8 Å². The minimum atomic E-state index is 0.0859. The zero-order valence-electron chi connectivity index (χ0n) is 12.7. The first-order valence-electron chi connectivity index (χ1n) is 7.74. The maximum absolute atomic E-state index is 11.8. The van der Waals surface area contributed by atoms with Gasteiger partial charge in [0.25, 0.3) is 0 Å². The number of amides is 1. The van der Waals surface area contributed by atoms with Gasteiger partial charge in [0.15, 0.2) is 5.82 Å². The number of carbonyl (C=O) groups excluding carboxylic acids is 1. The fourth-order valence-electron chi connectivity index (χ4n) is 2.25. The summed E-state index contributed by atoms with van der Waals surface area (Å²) in [7, 11) is 0. The van der Waals surface area contributed by atoms with Crippen molar-refractivity contribution < 1.29 is 9.32 Å². The number of nitrogens with one attached hydrogen (secondary N) is 2. The molecule has 1 aromatic heterocycles. The van der Waals surface area contributed by atoms with Crippen molar-refractivity contribution in [1.29, 1.82) is 0 Å². The molecule has 2 rings (SSSR count). The second-order valence-corrected chi connectivity index (χ2v) is 5.30. The highest BCUT2D eigenvalue weighted by atomic mass is 16.5. The van der Waals surface area contributed by atoms with Gasteiger partial charge in [-0.15, -0.1) is 0 Å². The molecule has 6 heteroatoms. The molecule has 6 nitrogen and oxygen atoms in total. The highest BCUT2D eigenvalue weighted by Crippen LogP contribution is 2.05. The summed E-state index contributed by atoms with van der Waals surface area (Å²) in [5, 5.41) is 10.1. The van der Waals surface area contributed by atoms with Crippen molar-refractivity contribution in [2.75, 3.05) is 19.6 Å². The molecule has 21 heavy (non-hydrogen) atoms. The normalized spacial score (nSPS) is 14.8. The molecule has 0 aliphatic carbocycles. The fraction of sp³-hybridized carbons (Fsp3) is 0.667. The van der Waals surface area contributed by atoms with Crippen LogP contribution in [-0.4, -0.2) is 35.7 Å². The Morgan fingerprint density at radius 3 is 3.14 bits per heavy atom. The molecular formula is C15H24N4O2. The van der Waals surface area contributed by atoms with Gasteiger partial charge < -0.3 is 15.2 Å². The predicted molar refractivity (Wildman–Crippen MR) is 79.8 cm³/mol. The highest BCUT2D eigenvalue weighted by molar-refractivity contribution is 5.76. The van der Waals surface area contributed by atoms with Crippen molar-refractivity contribution in [3.63, 3.8) is 0 Å². The van der Waals surface area contributed by atoms with Crippen LogP contribution in [0.1, 0.15) is 44.3 Å². The average Bonchev–Trinajstić information content (AvgIpc) is 2.94. The second kappa shape index (κ2) is 8.56. The molecule has 0 saturated carbocycles. The van der Waals surface area contributed by atoms with Crippen molar-refractivity contribution >= 4 is 5.91 Å². The van der Waals surface area contributed by atoms with Crippen LogP contribution >= 0.6 is 0 Å². The molecule has 2 heterocycles. The maximum atomic E-state index is 11.8. The summed E-state index contributed by atoms with van der Waals surface area (Å²) in [4.78, 5) is 16.1. The number of aromatic nitrogens is 2. The van der Waals surface area contributed by atoms with E-state index in [1.165, 1.54) is 5.57 Å². The van der Waals surface area contributed by atoms with E-state index < -0.39 is 0 Å². The van der Waals surface area contributed by atoms with Crippen molar-refractivity contribution in [2.45, 2.75) is 45.4 Å². The van der Waals surface area contributed by atoms with E-state index in [-0.39, 0.29) is 5.91 Å². The fourth-order valence-corrected chi connectivity index (χ4v) is 2.25. The van der Waals surface area contributed by atoms with Crippen molar-refractivity contribution in [1.82, 2.24) is 20.8 Å². The van der Waals surface area contributed by atoms with E-state index in [0.29, 0.717) is 25.3 Å². The summed E-state index contributed by atoms with van der Waals surface area (Å²) in [5.74, 6) is 1.48. The summed E-state index contributed by atoms with van der Waals surface area (Å²) >= 11 is 0. The van der Waals surface area contributed by atoms with Crippen LogP contribution in [0.3, 0.4) is 0 Å². The average molecular weight is 292 g/mol. The Morgan fingerprint density at radius 2 is 2.38 bits per heavy atom. The zero-order valence-corrected chi connectivity index (χ0v) is 12.7. The van der Waals surface area contributed by atoms with Crippen molar-refractivity contribution in [2.24, 2.45) is 0 Å². The summed E-state index contributed by atoms with van der Waals surface area (Å²) in [5.41, 5.74) is 1.31. The lowest BCUT2D eigenvalue weighted by atomic mass is 10.1. The smallest absolute Gasteiger partial charge is 0.226 e. The van der Waals surface area contributed by atoms with Crippen LogP contribution in [-0.2, 0) is 17.6 Å². The van der Waals surface area contributed by atoms with Crippen LogP contribution in [0.4, 0.5) is 0 Å². The first kappa shape index (κ1) is 15.7. The van der Waals surface area contributed by atoms with Crippen LogP contribution in [0.2, 0.25) is 0 Å². The van der Waals surface area contributed by atoms with E-state index >= 15 is 0 Å². The van der Waals surface area contributed by atoms with E-state index in [0.717, 1.165) is 44.6 Å². The number of hydrogen-bond donors (Lipinski definition) is 2. The van der Waals surface area contributed by atoms with Gasteiger partial charge in [0.2, 0.25) is 11.8 Å². The van der Waals surface area contributed by atoms with E-state index in [4.69, 9.17) is 4.52 Å². The van der Waals surface area contributed by atoms with Gasteiger partial charge in [0, 0.05) is 32.4 Å². The largest absolute Gasteiger partial charge is 0.352 e. The van der Waals surface area contributed by atoms with Crippen LogP contribution in [0, 0.1) is 0 Å². The Morgan fingerprint density at radius 1 is 1.48 bits per heavy atom. The summed E-state index contributed by atoms with van der Waals surface area (Å²) in [6.07, 6.45) is 6.91. The first-order chi connectivity index (χ1) is 10.3. The first-order valence-corrected chi connectivity index (χ1v) is 7.74. The van der Waals surface area contributed by atoms with Crippen molar-refractivity contribution in [3.05, 3.63) is 23.4 Å². The minimum Gasteiger partial charge on any atom is -0.352 e. The molecule has 0 bridgehead atoms. The van der Waals surface area contributed by atoms with Gasteiger partial charge in [-0.1, -0.05) is 23.7 Å². The summed E-state index contributed by atoms with van der Waals surface area (Å²) in [6, 6.07) is 0. The van der Waals surface area contributed by atoms with E-state index in [1.54, 1.807) is 0 Å². The van der Waals surface area contributed by atoms with Gasteiger partial charge in [-0.05, 0) is 25.8 Å². The third-order valence-corrected chi connectivity index (χ3v) is 3.45. The number of carbonyl (C=O) groups is 1. The van der Waals surface area contributed by atoms with Crippen LogP contribution in [0.25, 0.3) is 0 Å². The monoisotopic (exact) mass is 292 g/mol. The number of rotatable bonds is 8. The SMILES string of the molecule is CCCc1noc(CCCC(=O)NCC2=CCNCC2)n1. The van der Waals surface area contributed by atoms with Gasteiger partial charge in [0.1, 0.15) is 0 Å². The van der Waals surface area contributed by atoms with Crippen molar-refractivity contribution in [3.8, 4) is 0 Å². The second-order valence-electron chi connectivity index (χ2n) is 5.30. The maximum Gasteiger partial charge on any atom is 0.226 e. The molecule has 2 N–H and O–H groups in total. The lowest BCUT2D eigenvalue weighted by Gasteiger charge is -2.14. The zero-order chi connectivity index (χ0) is 14.9. The molecule has 1 amide bonds. The third-order valence-electron chi connectivity index (χ3n) is 3.45. The standard InChI is InChI=1S/C15H24N4O2/c1-2-4-13-18-15(21-19-13)6-3-5-14(20)17-11-12-7-9-16-10-8-12/h7,16H,2-6,8-11H2,1H3,(H,17,20). The quantitative estimate of drug-likeness (QED) is 0.708. The van der Waals surface area contributed by atoms with Crippen LogP contribution in [0.15, 0.2) is 16.2 Å². The Hall–Kier alpha value is -1.69. The number of nitrogens with zero attached hydrogens (tertiary/aromatic N) is 2. The van der Waals surface area contributed by atoms with E-state index in [9.17, 15) is 4.79 Å². The topological polar surface area (TPSA) is 80.0 Å². The summed E-state index contributed by atoms with van der Waals surface area (Å²) in [6.45, 7) is 4.65. The molecule has 1 aromatic rings. The van der Waals surface area contributed by atoms with Gasteiger partial charge in [0.05, 0.1) is 0 Å². The number of hydrogen-bond acceptors (Lipinski definition) is 5. The molecule has 0 aromatic carbocycles. The number of aryl methyl sites for hydroxylation is 2. The molecular weight excluding hydrogens is 268 g/mol. The molecule has 0 atom stereocenters. The Bertz CT molecular complexity index is 482. The molecule has 116 valence electrons. The minimum absolute atomic E-state index is 0.0859. The lowest BCUT2D eigenvalue weighted by molar-refractivity contribution is -0.121.